The van der Waals surface area contributed by atoms with Crippen LogP contribution in [-0.4, -0.2) is 36.2 Å². The maximum atomic E-state index is 12.9. The van der Waals surface area contributed by atoms with E-state index in [4.69, 9.17) is 9.52 Å². The summed E-state index contributed by atoms with van der Waals surface area (Å²) in [6.45, 7) is 2.00. The van der Waals surface area contributed by atoms with Crippen molar-refractivity contribution in [1.29, 1.82) is 0 Å². The van der Waals surface area contributed by atoms with Gasteiger partial charge in [0.05, 0.1) is 28.9 Å². The molecular weight excluding hydrogens is 428 g/mol. The third-order valence-corrected chi connectivity index (χ3v) is 6.06. The highest BCUT2D eigenvalue weighted by atomic mass is 16.3. The molecule has 0 saturated heterocycles. The Balaban J connectivity index is 1.31. The van der Waals surface area contributed by atoms with Gasteiger partial charge >= 0.3 is 0 Å². The first-order valence-corrected chi connectivity index (χ1v) is 11.2. The zero-order chi connectivity index (χ0) is 22.9. The zero-order valence-corrected chi connectivity index (χ0v) is 18.4. The lowest BCUT2D eigenvalue weighted by Gasteiger charge is -2.27. The molecule has 168 valence electrons. The Hall–Kier alpha value is -4.30. The van der Waals surface area contributed by atoms with Crippen molar-refractivity contribution in [2.75, 3.05) is 6.54 Å². The standard InChI is InChI=1S/C26H22N6O2/c33-26-21-17-31(13-10-22(21)28-25(29-26)23-7-4-14-34-23)15-19-16-32(20-5-2-1-3-6-20)30-24(19)18-8-11-27-12-9-18/h1-9,11-12,14,16H,10,13,15,17H2,(H,28,29,33). The average molecular weight is 451 g/mol. The van der Waals surface area contributed by atoms with Crippen LogP contribution in [0.4, 0.5) is 0 Å². The molecule has 0 amide bonds. The second-order valence-electron chi connectivity index (χ2n) is 8.30. The van der Waals surface area contributed by atoms with Gasteiger partial charge in [-0.2, -0.15) is 5.10 Å². The molecule has 0 aliphatic carbocycles. The normalized spacial score (nSPS) is 13.6. The molecule has 1 aliphatic heterocycles. The largest absolute Gasteiger partial charge is 0.461 e. The van der Waals surface area contributed by atoms with Gasteiger partial charge in [-0.3, -0.25) is 14.7 Å². The monoisotopic (exact) mass is 450 g/mol. The molecule has 0 saturated carbocycles. The van der Waals surface area contributed by atoms with Crippen LogP contribution in [0.15, 0.2) is 88.7 Å². The van der Waals surface area contributed by atoms with E-state index < -0.39 is 0 Å². The summed E-state index contributed by atoms with van der Waals surface area (Å²) >= 11 is 0. The number of aromatic amines is 1. The van der Waals surface area contributed by atoms with E-state index in [2.05, 4.69) is 26.0 Å². The SMILES string of the molecule is O=c1[nH]c(-c2ccco2)nc2c1CN(Cc1cn(-c3ccccc3)nc1-c1ccncc1)CC2. The summed E-state index contributed by atoms with van der Waals surface area (Å²) < 4.78 is 7.31. The summed E-state index contributed by atoms with van der Waals surface area (Å²) in [4.78, 5) is 26.8. The Bertz CT molecular complexity index is 1470. The number of nitrogens with zero attached hydrogens (tertiary/aromatic N) is 5. The van der Waals surface area contributed by atoms with Crippen LogP contribution in [0.5, 0.6) is 0 Å². The predicted molar refractivity (Wildman–Crippen MR) is 127 cm³/mol. The molecule has 1 aromatic carbocycles. The van der Waals surface area contributed by atoms with Gasteiger partial charge < -0.3 is 9.40 Å². The van der Waals surface area contributed by atoms with Crippen LogP contribution in [0.1, 0.15) is 16.8 Å². The number of hydrogen-bond acceptors (Lipinski definition) is 6. The number of fused-ring (bicyclic) bond motifs is 1. The van der Waals surface area contributed by atoms with Crippen molar-refractivity contribution in [3.8, 4) is 28.5 Å². The van der Waals surface area contributed by atoms with Gasteiger partial charge in [-0.1, -0.05) is 18.2 Å². The summed E-state index contributed by atoms with van der Waals surface area (Å²) in [5.41, 5.74) is 5.45. The molecule has 0 unspecified atom stereocenters. The highest BCUT2D eigenvalue weighted by molar-refractivity contribution is 5.62. The van der Waals surface area contributed by atoms with Crippen LogP contribution in [0.25, 0.3) is 28.5 Å². The molecule has 1 aliphatic rings. The van der Waals surface area contributed by atoms with E-state index in [0.717, 1.165) is 34.7 Å². The van der Waals surface area contributed by atoms with E-state index in [-0.39, 0.29) is 5.56 Å². The van der Waals surface area contributed by atoms with Crippen molar-refractivity contribution in [2.45, 2.75) is 19.5 Å². The number of nitrogens with one attached hydrogen (secondary N) is 1. The lowest BCUT2D eigenvalue weighted by Crippen LogP contribution is -2.35. The number of hydrogen-bond donors (Lipinski definition) is 1. The van der Waals surface area contributed by atoms with E-state index in [0.29, 0.717) is 36.7 Å². The topological polar surface area (TPSA) is 92.8 Å². The second-order valence-corrected chi connectivity index (χ2v) is 8.30. The van der Waals surface area contributed by atoms with Gasteiger partial charge in [0, 0.05) is 55.8 Å². The Kier molecular flexibility index (Phi) is 5.12. The zero-order valence-electron chi connectivity index (χ0n) is 18.4. The quantitative estimate of drug-likeness (QED) is 0.437. The van der Waals surface area contributed by atoms with Crippen molar-refractivity contribution in [1.82, 2.24) is 29.6 Å². The van der Waals surface area contributed by atoms with Crippen LogP contribution in [0.3, 0.4) is 0 Å². The Morgan fingerprint density at radius 3 is 2.68 bits per heavy atom. The highest BCUT2D eigenvalue weighted by Gasteiger charge is 2.24. The first-order chi connectivity index (χ1) is 16.7. The number of rotatable bonds is 5. The van der Waals surface area contributed by atoms with Gasteiger partial charge in [-0.25, -0.2) is 9.67 Å². The van der Waals surface area contributed by atoms with Crippen LogP contribution in [0, 0.1) is 0 Å². The van der Waals surface area contributed by atoms with Gasteiger partial charge in [-0.05, 0) is 36.4 Å². The first-order valence-electron chi connectivity index (χ1n) is 11.2. The molecule has 5 heterocycles. The summed E-state index contributed by atoms with van der Waals surface area (Å²) in [6, 6.07) is 17.6. The maximum Gasteiger partial charge on any atom is 0.256 e. The molecule has 0 radical (unpaired) electrons. The third-order valence-electron chi connectivity index (χ3n) is 6.06. The van der Waals surface area contributed by atoms with Crippen molar-refractivity contribution >= 4 is 0 Å². The molecule has 5 aromatic rings. The van der Waals surface area contributed by atoms with Gasteiger partial charge in [-0.15, -0.1) is 0 Å². The molecule has 4 aromatic heterocycles. The average Bonchev–Trinajstić information content (AvgIpc) is 3.56. The Morgan fingerprint density at radius 1 is 1.03 bits per heavy atom. The summed E-state index contributed by atoms with van der Waals surface area (Å²) in [5.74, 6) is 1.05. The van der Waals surface area contributed by atoms with Crippen molar-refractivity contribution in [3.63, 3.8) is 0 Å². The summed E-state index contributed by atoms with van der Waals surface area (Å²) in [6.07, 6.45) is 7.90. The van der Waals surface area contributed by atoms with Gasteiger partial charge in [0.15, 0.2) is 11.6 Å². The molecule has 8 nitrogen and oxygen atoms in total. The van der Waals surface area contributed by atoms with E-state index in [1.165, 1.54) is 0 Å². The number of aromatic nitrogens is 5. The summed E-state index contributed by atoms with van der Waals surface area (Å²) in [5, 5.41) is 4.89. The molecule has 34 heavy (non-hydrogen) atoms. The van der Waals surface area contributed by atoms with Crippen LogP contribution < -0.4 is 5.56 Å². The Labute approximate surface area is 195 Å². The minimum atomic E-state index is -0.115. The second kappa shape index (κ2) is 8.57. The van der Waals surface area contributed by atoms with Crippen LogP contribution in [0.2, 0.25) is 0 Å². The highest BCUT2D eigenvalue weighted by Crippen LogP contribution is 2.26. The van der Waals surface area contributed by atoms with Crippen molar-refractivity contribution in [3.05, 3.63) is 107 Å². The van der Waals surface area contributed by atoms with E-state index in [1.54, 1.807) is 30.8 Å². The number of furan rings is 1. The minimum absolute atomic E-state index is 0.115. The van der Waals surface area contributed by atoms with Gasteiger partial charge in [0.2, 0.25) is 0 Å². The first kappa shape index (κ1) is 20.3. The molecule has 0 atom stereocenters. The van der Waals surface area contributed by atoms with E-state index >= 15 is 0 Å². The molecule has 1 N–H and O–H groups in total. The number of pyridine rings is 1. The van der Waals surface area contributed by atoms with Gasteiger partial charge in [0.1, 0.15) is 0 Å². The molecule has 6 rings (SSSR count). The smallest absolute Gasteiger partial charge is 0.256 e. The summed E-state index contributed by atoms with van der Waals surface area (Å²) in [7, 11) is 0. The van der Waals surface area contributed by atoms with Crippen molar-refractivity contribution < 1.29 is 4.42 Å². The minimum Gasteiger partial charge on any atom is -0.461 e. The third kappa shape index (κ3) is 3.84. The lowest BCUT2D eigenvalue weighted by molar-refractivity contribution is 0.242. The fraction of sp³-hybridized carbons (Fsp3) is 0.154. The fourth-order valence-electron chi connectivity index (χ4n) is 4.38. The Morgan fingerprint density at radius 2 is 1.88 bits per heavy atom. The van der Waals surface area contributed by atoms with Crippen molar-refractivity contribution in [2.24, 2.45) is 0 Å². The molecule has 0 bridgehead atoms. The lowest BCUT2D eigenvalue weighted by atomic mass is 10.0. The van der Waals surface area contributed by atoms with Gasteiger partial charge in [0.25, 0.3) is 5.56 Å². The molecule has 0 spiro atoms. The molecule has 8 heteroatoms. The van der Waals surface area contributed by atoms with Crippen LogP contribution in [-0.2, 0) is 19.5 Å². The predicted octanol–water partition coefficient (Wildman–Crippen LogP) is 3.84. The van der Waals surface area contributed by atoms with Crippen LogP contribution >= 0.6 is 0 Å². The van der Waals surface area contributed by atoms with E-state index in [1.807, 2.05) is 47.1 Å². The number of para-hydroxylation sites is 1. The fourth-order valence-corrected chi connectivity index (χ4v) is 4.38. The number of H-pyrrole nitrogens is 1. The van der Waals surface area contributed by atoms with E-state index in [9.17, 15) is 4.79 Å². The number of benzene rings is 1. The molecule has 0 fully saturated rings. The molecular formula is C26H22N6O2. The maximum absolute atomic E-state index is 12.9.